The molecule has 114 valence electrons. The molecule has 3 N–H and O–H groups in total. The molecule has 2 atom stereocenters. The molecule has 0 aliphatic rings. The first kappa shape index (κ1) is 18.4. The molecule has 4 nitrogen and oxygen atoms in total. The summed E-state index contributed by atoms with van der Waals surface area (Å²) in [5.74, 6) is -0.843. The molecule has 0 aliphatic carbocycles. The van der Waals surface area contributed by atoms with Gasteiger partial charge < -0.3 is 15.3 Å². The second kappa shape index (κ2) is 12.4. The maximum atomic E-state index is 10.3. The van der Waals surface area contributed by atoms with Crippen LogP contribution in [0.25, 0.3) is 0 Å². The second-order valence-corrected chi connectivity index (χ2v) is 5.37. The van der Waals surface area contributed by atoms with Gasteiger partial charge in [-0.2, -0.15) is 0 Å². The quantitative estimate of drug-likeness (QED) is 0.451. The van der Waals surface area contributed by atoms with Crippen LogP contribution in [0, 0.1) is 0 Å². The van der Waals surface area contributed by atoms with Crippen molar-refractivity contribution < 1.29 is 20.1 Å². The van der Waals surface area contributed by atoms with Crippen LogP contribution in [0.4, 0.5) is 0 Å². The maximum absolute atomic E-state index is 10.3. The molecular weight excluding hydrogens is 244 g/mol. The van der Waals surface area contributed by atoms with Crippen molar-refractivity contribution in [1.82, 2.24) is 0 Å². The van der Waals surface area contributed by atoms with Gasteiger partial charge in [0, 0.05) is 6.42 Å². The van der Waals surface area contributed by atoms with E-state index in [-0.39, 0.29) is 12.5 Å². The predicted octanol–water partition coefficient (Wildman–Crippen LogP) is 3.10. The fourth-order valence-electron chi connectivity index (χ4n) is 2.20. The second-order valence-electron chi connectivity index (χ2n) is 5.37. The molecule has 0 saturated heterocycles. The minimum absolute atomic E-state index is 0.0521. The van der Waals surface area contributed by atoms with Crippen LogP contribution in [0.5, 0.6) is 0 Å². The molecule has 0 amide bonds. The number of rotatable bonds is 13. The first-order valence-electron chi connectivity index (χ1n) is 7.64. The van der Waals surface area contributed by atoms with Gasteiger partial charge in [-0.25, -0.2) is 0 Å². The summed E-state index contributed by atoms with van der Waals surface area (Å²) >= 11 is 0. The molecule has 0 bridgehead atoms. The van der Waals surface area contributed by atoms with Crippen LogP contribution in [0.2, 0.25) is 0 Å². The van der Waals surface area contributed by atoms with Gasteiger partial charge in [0.2, 0.25) is 0 Å². The highest BCUT2D eigenvalue weighted by molar-refractivity contribution is 5.66. The predicted molar refractivity (Wildman–Crippen MR) is 76.1 cm³/mol. The number of carboxylic acids is 1. The number of aliphatic hydroxyl groups excluding tert-OH is 2. The van der Waals surface area contributed by atoms with Gasteiger partial charge in [0.15, 0.2) is 0 Å². The van der Waals surface area contributed by atoms with Crippen LogP contribution in [0.3, 0.4) is 0 Å². The Labute approximate surface area is 116 Å². The van der Waals surface area contributed by atoms with Gasteiger partial charge in [-0.15, -0.1) is 0 Å². The van der Waals surface area contributed by atoms with Crippen LogP contribution in [-0.2, 0) is 4.79 Å². The highest BCUT2D eigenvalue weighted by Gasteiger charge is 2.07. The molecule has 19 heavy (non-hydrogen) atoms. The standard InChI is InChI=1S/C15H30O4/c1-2-8-13(16)9-6-4-3-5-7-10-14(17)11-12-15(18)19/h13-14,16-17H,2-12H2,1H3,(H,18,19)/t13-,14-/m0/s1. The van der Waals surface area contributed by atoms with E-state index >= 15 is 0 Å². The topological polar surface area (TPSA) is 77.8 Å². The number of carbonyl (C=O) groups is 1. The van der Waals surface area contributed by atoms with E-state index in [4.69, 9.17) is 5.11 Å². The Balaban J connectivity index is 3.24. The zero-order valence-corrected chi connectivity index (χ0v) is 12.2. The first-order valence-corrected chi connectivity index (χ1v) is 7.64. The Bertz CT molecular complexity index is 218. The number of unbranched alkanes of at least 4 members (excludes halogenated alkanes) is 4. The number of hydrogen-bond donors (Lipinski definition) is 3. The van der Waals surface area contributed by atoms with E-state index in [0.717, 1.165) is 51.4 Å². The highest BCUT2D eigenvalue weighted by atomic mass is 16.4. The number of aliphatic carboxylic acids is 1. The molecule has 4 heteroatoms. The Hall–Kier alpha value is -0.610. The van der Waals surface area contributed by atoms with Crippen molar-refractivity contribution in [2.75, 3.05) is 0 Å². The average molecular weight is 274 g/mol. The van der Waals surface area contributed by atoms with Gasteiger partial charge in [-0.05, 0) is 25.7 Å². The molecule has 0 aliphatic heterocycles. The summed E-state index contributed by atoms with van der Waals surface area (Å²) < 4.78 is 0. The van der Waals surface area contributed by atoms with Crippen molar-refractivity contribution in [2.24, 2.45) is 0 Å². The van der Waals surface area contributed by atoms with Crippen LogP contribution in [-0.4, -0.2) is 33.5 Å². The van der Waals surface area contributed by atoms with Gasteiger partial charge in [-0.1, -0.05) is 45.4 Å². The Morgan fingerprint density at radius 1 is 0.842 bits per heavy atom. The van der Waals surface area contributed by atoms with Gasteiger partial charge in [-0.3, -0.25) is 4.79 Å². The zero-order chi connectivity index (χ0) is 14.5. The minimum atomic E-state index is -0.843. The molecule has 0 unspecified atom stereocenters. The van der Waals surface area contributed by atoms with Crippen molar-refractivity contribution in [3.8, 4) is 0 Å². The summed E-state index contributed by atoms with van der Waals surface area (Å²) in [4.78, 5) is 10.3. The molecule has 0 radical (unpaired) electrons. The van der Waals surface area contributed by atoms with Crippen LogP contribution >= 0.6 is 0 Å². The fraction of sp³-hybridized carbons (Fsp3) is 0.933. The lowest BCUT2D eigenvalue weighted by atomic mass is 10.0. The van der Waals surface area contributed by atoms with E-state index in [9.17, 15) is 15.0 Å². The maximum Gasteiger partial charge on any atom is 0.303 e. The summed E-state index contributed by atoms with van der Waals surface area (Å²) in [5.41, 5.74) is 0. The fourth-order valence-corrected chi connectivity index (χ4v) is 2.20. The minimum Gasteiger partial charge on any atom is -0.481 e. The van der Waals surface area contributed by atoms with Gasteiger partial charge in [0.25, 0.3) is 0 Å². The average Bonchev–Trinajstić information content (AvgIpc) is 2.35. The van der Waals surface area contributed by atoms with Crippen LogP contribution in [0.1, 0.15) is 77.6 Å². The van der Waals surface area contributed by atoms with E-state index in [0.29, 0.717) is 12.8 Å². The Kier molecular flexibility index (Phi) is 12.0. The van der Waals surface area contributed by atoms with Crippen molar-refractivity contribution >= 4 is 5.97 Å². The smallest absolute Gasteiger partial charge is 0.303 e. The molecule has 0 heterocycles. The third kappa shape index (κ3) is 13.6. The summed E-state index contributed by atoms with van der Waals surface area (Å²) in [5, 5.41) is 27.6. The highest BCUT2D eigenvalue weighted by Crippen LogP contribution is 2.13. The molecule has 0 aromatic rings. The molecule has 0 aromatic carbocycles. The Morgan fingerprint density at radius 2 is 1.32 bits per heavy atom. The molecule has 0 spiro atoms. The van der Waals surface area contributed by atoms with E-state index in [1.54, 1.807) is 0 Å². The van der Waals surface area contributed by atoms with E-state index < -0.39 is 12.1 Å². The van der Waals surface area contributed by atoms with E-state index in [1.807, 2.05) is 0 Å². The number of carboxylic acid groups (broad SMARTS) is 1. The molecule has 0 aromatic heterocycles. The summed E-state index contributed by atoms with van der Waals surface area (Å²) in [6.07, 6.45) is 8.71. The van der Waals surface area contributed by atoms with Crippen LogP contribution < -0.4 is 0 Å². The van der Waals surface area contributed by atoms with E-state index in [1.165, 1.54) is 0 Å². The lowest BCUT2D eigenvalue weighted by molar-refractivity contribution is -0.137. The number of aliphatic hydroxyl groups is 2. The van der Waals surface area contributed by atoms with Crippen molar-refractivity contribution in [3.05, 3.63) is 0 Å². The molecule has 0 saturated carbocycles. The van der Waals surface area contributed by atoms with Crippen molar-refractivity contribution in [3.63, 3.8) is 0 Å². The third-order valence-electron chi connectivity index (χ3n) is 3.39. The largest absolute Gasteiger partial charge is 0.481 e. The van der Waals surface area contributed by atoms with Gasteiger partial charge in [0.1, 0.15) is 0 Å². The van der Waals surface area contributed by atoms with Gasteiger partial charge in [0.05, 0.1) is 12.2 Å². The lowest BCUT2D eigenvalue weighted by Gasteiger charge is -2.10. The monoisotopic (exact) mass is 274 g/mol. The van der Waals surface area contributed by atoms with Gasteiger partial charge >= 0.3 is 5.97 Å². The normalized spacial score (nSPS) is 14.3. The lowest BCUT2D eigenvalue weighted by Crippen LogP contribution is -2.09. The third-order valence-corrected chi connectivity index (χ3v) is 3.39. The molecule has 0 fully saturated rings. The van der Waals surface area contributed by atoms with Crippen molar-refractivity contribution in [1.29, 1.82) is 0 Å². The summed E-state index contributed by atoms with van der Waals surface area (Å²) in [6.45, 7) is 2.08. The van der Waals surface area contributed by atoms with E-state index in [2.05, 4.69) is 6.92 Å². The molecule has 0 rings (SSSR count). The molecular formula is C15H30O4. The Morgan fingerprint density at radius 3 is 1.79 bits per heavy atom. The summed E-state index contributed by atoms with van der Waals surface area (Å²) in [7, 11) is 0. The first-order chi connectivity index (χ1) is 9.06. The van der Waals surface area contributed by atoms with Crippen LogP contribution in [0.15, 0.2) is 0 Å². The zero-order valence-electron chi connectivity index (χ0n) is 12.2. The van der Waals surface area contributed by atoms with Crippen molar-refractivity contribution in [2.45, 2.75) is 89.8 Å². The summed E-state index contributed by atoms with van der Waals surface area (Å²) in [6, 6.07) is 0. The SMILES string of the molecule is CCC[C@H](O)CCCCCCC[C@H](O)CCC(=O)O. The number of hydrogen-bond acceptors (Lipinski definition) is 3.